The number of unbranched alkanes of at least 4 members (excludes halogenated alkanes) is 2. The van der Waals surface area contributed by atoms with Gasteiger partial charge in [0, 0.05) is 0 Å². The van der Waals surface area contributed by atoms with Crippen molar-refractivity contribution in [2.75, 3.05) is 12.4 Å². The molecule has 0 N–H and O–H groups in total. The zero-order valence-electron chi connectivity index (χ0n) is 22.2. The fourth-order valence-corrected chi connectivity index (χ4v) is 5.03. The summed E-state index contributed by atoms with van der Waals surface area (Å²) in [7, 11) is 0. The summed E-state index contributed by atoms with van der Waals surface area (Å²) in [6.07, 6.45) is 31.5. The molecule has 0 saturated carbocycles. The molecule has 1 unspecified atom stereocenters. The van der Waals surface area contributed by atoms with Gasteiger partial charge in [0.15, 0.2) is 0 Å². The first-order valence-corrected chi connectivity index (χ1v) is 14.3. The third-order valence-electron chi connectivity index (χ3n) is 5.61. The van der Waals surface area contributed by atoms with Crippen molar-refractivity contribution in [2.45, 2.75) is 83.3 Å². The maximum atomic E-state index is 12.8. The Labute approximate surface area is 219 Å². The Hall–Kier alpha value is -2.26. The molecule has 0 aromatic heterocycles. The molecule has 2 nitrogen and oxygen atoms in total. The number of allylic oxidation sites excluding steroid dienone is 10. The smallest absolute Gasteiger partial charge is 0.326 e. The van der Waals surface area contributed by atoms with Crippen LogP contribution >= 0.6 is 11.8 Å². The highest BCUT2D eigenvalue weighted by molar-refractivity contribution is 8.00. The van der Waals surface area contributed by atoms with Crippen LogP contribution in [0.5, 0.6) is 0 Å². The Kier molecular flexibility index (Phi) is 18.5. The molecule has 0 saturated heterocycles. The van der Waals surface area contributed by atoms with E-state index in [1.54, 1.807) is 11.8 Å². The normalized spacial score (nSPS) is 14.1. The van der Waals surface area contributed by atoms with Gasteiger partial charge in [0.2, 0.25) is 0 Å². The quantitative estimate of drug-likeness (QED) is 0.109. The van der Waals surface area contributed by atoms with Gasteiger partial charge in [-0.2, -0.15) is 0 Å². The van der Waals surface area contributed by atoms with Crippen LogP contribution in [0.4, 0.5) is 0 Å². The first-order valence-electron chi connectivity index (χ1n) is 13.3. The lowest BCUT2D eigenvalue weighted by molar-refractivity contribution is -0.146. The highest BCUT2D eigenvalue weighted by Gasteiger charge is 2.40. The van der Waals surface area contributed by atoms with Crippen LogP contribution < -0.4 is 0 Å². The van der Waals surface area contributed by atoms with Crippen molar-refractivity contribution >= 4 is 17.7 Å². The molecule has 0 spiro atoms. The van der Waals surface area contributed by atoms with Crippen molar-refractivity contribution in [3.05, 3.63) is 96.7 Å². The average Bonchev–Trinajstić information content (AvgIpc) is 2.88. The summed E-state index contributed by atoms with van der Waals surface area (Å²) in [5, 5.41) is 0. The SMILES string of the molecule is CC/C=C\C/C=C\C/C=C\C/C=C\C/C=C\CCCCSC(CC)(C(=O)OCC)c1ccccc1. The van der Waals surface area contributed by atoms with Gasteiger partial charge in [0.05, 0.1) is 6.61 Å². The van der Waals surface area contributed by atoms with Gasteiger partial charge in [0.25, 0.3) is 0 Å². The maximum absolute atomic E-state index is 12.8. The van der Waals surface area contributed by atoms with E-state index in [9.17, 15) is 4.79 Å². The second kappa shape index (κ2) is 21.1. The number of hydrogen-bond acceptors (Lipinski definition) is 3. The molecule has 0 bridgehead atoms. The van der Waals surface area contributed by atoms with E-state index in [0.717, 1.165) is 69.1 Å². The summed E-state index contributed by atoms with van der Waals surface area (Å²) in [6.45, 7) is 6.52. The summed E-state index contributed by atoms with van der Waals surface area (Å²) in [6, 6.07) is 10.1. The first-order chi connectivity index (χ1) is 17.2. The fraction of sp³-hybridized carbons (Fsp3) is 0.469. The van der Waals surface area contributed by atoms with Crippen molar-refractivity contribution in [1.82, 2.24) is 0 Å². The number of thioether (sulfide) groups is 1. The van der Waals surface area contributed by atoms with Crippen LogP contribution in [0.2, 0.25) is 0 Å². The Bertz CT molecular complexity index is 804. The monoisotopic (exact) mass is 494 g/mol. The third-order valence-corrected chi connectivity index (χ3v) is 7.29. The number of ether oxygens (including phenoxy) is 1. The van der Waals surface area contributed by atoms with Gasteiger partial charge < -0.3 is 4.74 Å². The summed E-state index contributed by atoms with van der Waals surface area (Å²) in [5.74, 6) is 0.836. The van der Waals surface area contributed by atoms with Gasteiger partial charge in [-0.25, -0.2) is 0 Å². The lowest BCUT2D eigenvalue weighted by atomic mass is 9.95. The minimum Gasteiger partial charge on any atom is -0.465 e. The molecule has 1 atom stereocenters. The largest absolute Gasteiger partial charge is 0.465 e. The zero-order valence-corrected chi connectivity index (χ0v) is 23.0. The molecule has 0 aliphatic heterocycles. The van der Waals surface area contributed by atoms with Crippen molar-refractivity contribution in [2.24, 2.45) is 0 Å². The van der Waals surface area contributed by atoms with E-state index < -0.39 is 4.75 Å². The summed E-state index contributed by atoms with van der Waals surface area (Å²) in [5.41, 5.74) is 1.05. The number of carbonyl (C=O) groups excluding carboxylic acids is 1. The van der Waals surface area contributed by atoms with Crippen molar-refractivity contribution < 1.29 is 9.53 Å². The minimum atomic E-state index is -0.603. The molecule has 0 fully saturated rings. The molecule has 35 heavy (non-hydrogen) atoms. The predicted octanol–water partition coefficient (Wildman–Crippen LogP) is 9.51. The Morgan fingerprint density at radius 2 is 1.31 bits per heavy atom. The molecule has 0 amide bonds. The Balaban J connectivity index is 2.24. The second-order valence-electron chi connectivity index (χ2n) is 8.32. The molecule has 0 aliphatic rings. The van der Waals surface area contributed by atoms with Crippen LogP contribution in [0.25, 0.3) is 0 Å². The highest BCUT2D eigenvalue weighted by atomic mass is 32.2. The standard InChI is InChI=1S/C32H46O2S/c1-4-7-8-9-10-11-12-13-14-15-16-17-18-19-20-21-22-26-29-35-32(5-2,31(33)34-6-3)30-27-24-23-25-28-30/h7-8,10-11,13-14,16-17,19-20,23-25,27-28H,4-6,9,12,15,18,21-22,26,29H2,1-3H3/b8-7-,11-10-,14-13-,17-16-,20-19-. The third kappa shape index (κ3) is 13.4. The number of rotatable bonds is 19. The Morgan fingerprint density at radius 3 is 1.83 bits per heavy atom. The van der Waals surface area contributed by atoms with Crippen LogP contribution in [0.1, 0.15) is 84.1 Å². The molecule has 1 aromatic carbocycles. The van der Waals surface area contributed by atoms with E-state index in [1.165, 1.54) is 0 Å². The van der Waals surface area contributed by atoms with Crippen LogP contribution in [0.3, 0.4) is 0 Å². The van der Waals surface area contributed by atoms with E-state index in [-0.39, 0.29) is 5.97 Å². The fourth-order valence-electron chi connectivity index (χ4n) is 3.64. The first kappa shape index (κ1) is 30.8. The van der Waals surface area contributed by atoms with Gasteiger partial charge in [-0.15, -0.1) is 11.8 Å². The van der Waals surface area contributed by atoms with Crippen molar-refractivity contribution in [3.63, 3.8) is 0 Å². The van der Waals surface area contributed by atoms with E-state index >= 15 is 0 Å². The molecule has 0 radical (unpaired) electrons. The van der Waals surface area contributed by atoms with E-state index in [4.69, 9.17) is 4.74 Å². The lowest BCUT2D eigenvalue weighted by Gasteiger charge is -2.30. The summed E-state index contributed by atoms with van der Waals surface area (Å²) < 4.78 is 4.85. The lowest BCUT2D eigenvalue weighted by Crippen LogP contribution is -2.34. The maximum Gasteiger partial charge on any atom is 0.326 e. The minimum absolute atomic E-state index is 0.114. The summed E-state index contributed by atoms with van der Waals surface area (Å²) >= 11 is 1.74. The Morgan fingerprint density at radius 1 is 0.771 bits per heavy atom. The van der Waals surface area contributed by atoms with Crippen molar-refractivity contribution in [3.8, 4) is 0 Å². The van der Waals surface area contributed by atoms with Crippen LogP contribution in [0, 0.1) is 0 Å². The second-order valence-corrected chi connectivity index (χ2v) is 9.71. The predicted molar refractivity (Wildman–Crippen MR) is 156 cm³/mol. The molecule has 0 heterocycles. The number of carbonyl (C=O) groups is 1. The highest BCUT2D eigenvalue weighted by Crippen LogP contribution is 2.41. The van der Waals surface area contributed by atoms with Gasteiger partial charge in [-0.1, -0.05) is 105 Å². The molecule has 192 valence electrons. The number of benzene rings is 1. The molecule has 1 aromatic rings. The molecule has 3 heteroatoms. The van der Waals surface area contributed by atoms with Gasteiger partial charge in [-0.3, -0.25) is 4.79 Å². The van der Waals surface area contributed by atoms with E-state index in [0.29, 0.717) is 6.61 Å². The van der Waals surface area contributed by atoms with Gasteiger partial charge in [0.1, 0.15) is 4.75 Å². The van der Waals surface area contributed by atoms with E-state index in [2.05, 4.69) is 74.6 Å². The van der Waals surface area contributed by atoms with Crippen LogP contribution in [-0.4, -0.2) is 18.3 Å². The molecule has 1 rings (SSSR count). The van der Waals surface area contributed by atoms with E-state index in [1.807, 2.05) is 37.3 Å². The molecular formula is C32H46O2S. The molecular weight excluding hydrogens is 448 g/mol. The zero-order chi connectivity index (χ0) is 25.5. The molecule has 0 aliphatic carbocycles. The van der Waals surface area contributed by atoms with Crippen LogP contribution in [-0.2, 0) is 14.3 Å². The average molecular weight is 495 g/mol. The summed E-state index contributed by atoms with van der Waals surface area (Å²) in [4.78, 5) is 12.8. The van der Waals surface area contributed by atoms with Gasteiger partial charge >= 0.3 is 5.97 Å². The van der Waals surface area contributed by atoms with Crippen molar-refractivity contribution in [1.29, 1.82) is 0 Å². The van der Waals surface area contributed by atoms with Crippen LogP contribution in [0.15, 0.2) is 91.1 Å². The number of esters is 1. The number of hydrogen-bond donors (Lipinski definition) is 0. The van der Waals surface area contributed by atoms with Gasteiger partial charge in [-0.05, 0) is 76.0 Å². The topological polar surface area (TPSA) is 26.3 Å².